The molecule has 17 heavy (non-hydrogen) atoms. The summed E-state index contributed by atoms with van der Waals surface area (Å²) in [6.07, 6.45) is 2.61. The fraction of sp³-hybridized carbons (Fsp3) is 0.538. The van der Waals surface area contributed by atoms with Crippen LogP contribution in [0.25, 0.3) is 0 Å². The second-order valence-corrected chi connectivity index (χ2v) is 4.33. The Balaban J connectivity index is 2.75. The highest BCUT2D eigenvalue weighted by molar-refractivity contribution is 5.94. The van der Waals surface area contributed by atoms with Gasteiger partial charge in [0.15, 0.2) is 0 Å². The molecule has 4 nitrogen and oxygen atoms in total. The van der Waals surface area contributed by atoms with E-state index in [1.54, 1.807) is 12.1 Å². The summed E-state index contributed by atoms with van der Waals surface area (Å²) in [5.74, 6) is 0.979. The van der Waals surface area contributed by atoms with Crippen molar-refractivity contribution >= 4 is 11.7 Å². The molecule has 0 bridgehead atoms. The summed E-state index contributed by atoms with van der Waals surface area (Å²) in [7, 11) is 0. The Morgan fingerprint density at radius 3 is 2.65 bits per heavy atom. The fourth-order valence-electron chi connectivity index (χ4n) is 1.58. The van der Waals surface area contributed by atoms with Crippen molar-refractivity contribution < 1.29 is 4.79 Å². The maximum atomic E-state index is 12.2. The van der Waals surface area contributed by atoms with Crippen LogP contribution in [0.3, 0.4) is 0 Å². The van der Waals surface area contributed by atoms with Gasteiger partial charge in [0.05, 0.1) is 5.56 Å². The number of nitrogens with two attached hydrogens (primary N) is 1. The minimum absolute atomic E-state index is 0.0281. The SMILES string of the molecule is CCC(C)CN(CC)C(=O)c1ccc(N)nc1. The quantitative estimate of drug-likeness (QED) is 0.851. The number of hydrogen-bond acceptors (Lipinski definition) is 3. The van der Waals surface area contributed by atoms with Gasteiger partial charge in [-0.15, -0.1) is 0 Å². The summed E-state index contributed by atoms with van der Waals surface area (Å²) in [6.45, 7) is 7.78. The van der Waals surface area contributed by atoms with Gasteiger partial charge in [0.2, 0.25) is 0 Å². The van der Waals surface area contributed by atoms with E-state index in [9.17, 15) is 4.79 Å². The molecule has 0 saturated carbocycles. The number of hydrogen-bond donors (Lipinski definition) is 1. The first-order valence-corrected chi connectivity index (χ1v) is 6.09. The highest BCUT2D eigenvalue weighted by Gasteiger charge is 2.16. The third kappa shape index (κ3) is 3.73. The average Bonchev–Trinajstić information content (AvgIpc) is 2.35. The monoisotopic (exact) mass is 235 g/mol. The third-order valence-corrected chi connectivity index (χ3v) is 2.93. The summed E-state index contributed by atoms with van der Waals surface area (Å²) < 4.78 is 0. The first-order chi connectivity index (χ1) is 8.08. The molecule has 0 spiro atoms. The van der Waals surface area contributed by atoms with Gasteiger partial charge in [-0.2, -0.15) is 0 Å². The predicted octanol–water partition coefficient (Wildman–Crippen LogP) is 2.17. The zero-order valence-corrected chi connectivity index (χ0v) is 10.8. The van der Waals surface area contributed by atoms with Crippen molar-refractivity contribution in [3.63, 3.8) is 0 Å². The minimum atomic E-state index is 0.0281. The van der Waals surface area contributed by atoms with Gasteiger partial charge in [-0.05, 0) is 25.0 Å². The Morgan fingerprint density at radius 1 is 1.47 bits per heavy atom. The van der Waals surface area contributed by atoms with Crippen LogP contribution in [0.5, 0.6) is 0 Å². The van der Waals surface area contributed by atoms with E-state index in [4.69, 9.17) is 5.73 Å². The van der Waals surface area contributed by atoms with Gasteiger partial charge in [-0.25, -0.2) is 4.98 Å². The highest BCUT2D eigenvalue weighted by Crippen LogP contribution is 2.10. The lowest BCUT2D eigenvalue weighted by Gasteiger charge is -2.24. The van der Waals surface area contributed by atoms with Crippen LogP contribution < -0.4 is 5.73 Å². The number of aromatic nitrogens is 1. The normalized spacial score (nSPS) is 12.2. The molecule has 1 aromatic rings. The predicted molar refractivity (Wildman–Crippen MR) is 69.7 cm³/mol. The number of rotatable bonds is 5. The van der Waals surface area contributed by atoms with E-state index in [2.05, 4.69) is 18.8 Å². The van der Waals surface area contributed by atoms with Gasteiger partial charge < -0.3 is 10.6 Å². The van der Waals surface area contributed by atoms with Gasteiger partial charge in [0.1, 0.15) is 5.82 Å². The Bertz CT molecular complexity index is 361. The van der Waals surface area contributed by atoms with E-state index in [-0.39, 0.29) is 5.91 Å². The topological polar surface area (TPSA) is 59.2 Å². The molecule has 0 aliphatic rings. The molecule has 0 aliphatic carbocycles. The van der Waals surface area contributed by atoms with Crippen LogP contribution in [-0.4, -0.2) is 28.9 Å². The number of carbonyl (C=O) groups excluding carboxylic acids is 1. The Labute approximate surface area is 103 Å². The molecule has 4 heteroatoms. The van der Waals surface area contributed by atoms with Crippen molar-refractivity contribution in [3.05, 3.63) is 23.9 Å². The van der Waals surface area contributed by atoms with Crippen molar-refractivity contribution in [1.29, 1.82) is 0 Å². The summed E-state index contributed by atoms with van der Waals surface area (Å²) in [4.78, 5) is 18.0. The van der Waals surface area contributed by atoms with E-state index in [0.29, 0.717) is 23.8 Å². The van der Waals surface area contributed by atoms with E-state index in [1.165, 1.54) is 6.20 Å². The highest BCUT2D eigenvalue weighted by atomic mass is 16.2. The molecule has 1 amide bonds. The Hall–Kier alpha value is -1.58. The van der Waals surface area contributed by atoms with Gasteiger partial charge >= 0.3 is 0 Å². The lowest BCUT2D eigenvalue weighted by molar-refractivity contribution is 0.0740. The number of nitrogens with zero attached hydrogens (tertiary/aromatic N) is 2. The zero-order valence-electron chi connectivity index (χ0n) is 10.8. The molecule has 0 fully saturated rings. The molecular weight excluding hydrogens is 214 g/mol. The van der Waals surface area contributed by atoms with Crippen LogP contribution in [0, 0.1) is 5.92 Å². The van der Waals surface area contributed by atoms with Crippen molar-refractivity contribution in [2.24, 2.45) is 5.92 Å². The molecule has 0 aliphatic heterocycles. The maximum Gasteiger partial charge on any atom is 0.255 e. The second-order valence-electron chi connectivity index (χ2n) is 4.33. The number of anilines is 1. The summed E-state index contributed by atoms with van der Waals surface area (Å²) >= 11 is 0. The summed E-state index contributed by atoms with van der Waals surface area (Å²) in [6, 6.07) is 3.38. The second kappa shape index (κ2) is 6.23. The van der Waals surface area contributed by atoms with Crippen molar-refractivity contribution in [3.8, 4) is 0 Å². The van der Waals surface area contributed by atoms with Gasteiger partial charge in [-0.3, -0.25) is 4.79 Å². The van der Waals surface area contributed by atoms with Crippen molar-refractivity contribution in [2.75, 3.05) is 18.8 Å². The van der Waals surface area contributed by atoms with E-state index >= 15 is 0 Å². The summed E-state index contributed by atoms with van der Waals surface area (Å²) in [5, 5.41) is 0. The summed E-state index contributed by atoms with van der Waals surface area (Å²) in [5.41, 5.74) is 6.10. The van der Waals surface area contributed by atoms with Crippen molar-refractivity contribution in [1.82, 2.24) is 9.88 Å². The molecule has 1 aromatic heterocycles. The average molecular weight is 235 g/mol. The molecule has 2 N–H and O–H groups in total. The van der Waals surface area contributed by atoms with Crippen molar-refractivity contribution in [2.45, 2.75) is 27.2 Å². The number of nitrogen functional groups attached to an aromatic ring is 1. The Morgan fingerprint density at radius 2 is 2.18 bits per heavy atom. The van der Waals surface area contributed by atoms with Crippen LogP contribution in [0.4, 0.5) is 5.82 Å². The maximum absolute atomic E-state index is 12.2. The molecule has 0 radical (unpaired) electrons. The largest absolute Gasteiger partial charge is 0.384 e. The van der Waals surface area contributed by atoms with E-state index < -0.39 is 0 Å². The molecule has 1 atom stereocenters. The molecule has 94 valence electrons. The first kappa shape index (κ1) is 13.5. The zero-order chi connectivity index (χ0) is 12.8. The van der Waals surface area contributed by atoms with E-state index in [0.717, 1.165) is 13.0 Å². The van der Waals surface area contributed by atoms with Crippen LogP contribution in [0.15, 0.2) is 18.3 Å². The molecular formula is C13H21N3O. The first-order valence-electron chi connectivity index (χ1n) is 6.09. The third-order valence-electron chi connectivity index (χ3n) is 2.93. The number of pyridine rings is 1. The van der Waals surface area contributed by atoms with Crippen LogP contribution in [-0.2, 0) is 0 Å². The van der Waals surface area contributed by atoms with Crippen LogP contribution in [0.1, 0.15) is 37.6 Å². The lowest BCUT2D eigenvalue weighted by atomic mass is 10.1. The number of carbonyl (C=O) groups is 1. The lowest BCUT2D eigenvalue weighted by Crippen LogP contribution is -2.34. The van der Waals surface area contributed by atoms with Gasteiger partial charge in [0.25, 0.3) is 5.91 Å². The molecule has 0 saturated heterocycles. The minimum Gasteiger partial charge on any atom is -0.384 e. The fourth-order valence-corrected chi connectivity index (χ4v) is 1.58. The Kier molecular flexibility index (Phi) is 4.94. The molecule has 1 heterocycles. The van der Waals surface area contributed by atoms with E-state index in [1.807, 2.05) is 11.8 Å². The van der Waals surface area contributed by atoms with Gasteiger partial charge in [0, 0.05) is 19.3 Å². The standard InChI is InChI=1S/C13H21N3O/c1-4-10(3)9-16(5-2)13(17)11-6-7-12(14)15-8-11/h6-8,10H,4-5,9H2,1-3H3,(H2,14,15). The smallest absolute Gasteiger partial charge is 0.255 e. The molecule has 1 rings (SSSR count). The molecule has 0 aromatic carbocycles. The molecule has 1 unspecified atom stereocenters. The number of amides is 1. The van der Waals surface area contributed by atoms with Crippen LogP contribution in [0.2, 0.25) is 0 Å². The van der Waals surface area contributed by atoms with Gasteiger partial charge in [-0.1, -0.05) is 20.3 Å². The van der Waals surface area contributed by atoms with Crippen LogP contribution >= 0.6 is 0 Å².